The molecule has 0 aliphatic carbocycles. The average molecular weight is 478 g/mol. The van der Waals surface area contributed by atoms with Crippen LogP contribution in [0.2, 0.25) is 5.02 Å². The van der Waals surface area contributed by atoms with E-state index in [2.05, 4.69) is 26.1 Å². The zero-order chi connectivity index (χ0) is 20.5. The summed E-state index contributed by atoms with van der Waals surface area (Å²) in [6, 6.07) is 25.2. The average Bonchev–Trinajstić information content (AvgIpc) is 3.43. The molecule has 0 aliphatic heterocycles. The summed E-state index contributed by atoms with van der Waals surface area (Å²) < 4.78 is 8.82. The summed E-state index contributed by atoms with van der Waals surface area (Å²) in [6.45, 7) is 0. The highest BCUT2D eigenvalue weighted by molar-refractivity contribution is 9.10. The van der Waals surface area contributed by atoms with Crippen LogP contribution in [0.3, 0.4) is 0 Å². The predicted octanol–water partition coefficient (Wildman–Crippen LogP) is 6.67. The van der Waals surface area contributed by atoms with Crippen LogP contribution in [-0.4, -0.2) is 20.0 Å². The van der Waals surface area contributed by atoms with Crippen LogP contribution in [0.25, 0.3) is 39.9 Å². The summed E-state index contributed by atoms with van der Waals surface area (Å²) >= 11 is 9.46. The zero-order valence-electron chi connectivity index (χ0n) is 15.5. The second-order valence-corrected chi connectivity index (χ2v) is 7.95. The topological polar surface area (TPSA) is 56.7 Å². The molecular formula is C23H14BrClN4O. The molecule has 2 aromatic heterocycles. The van der Waals surface area contributed by atoms with Crippen molar-refractivity contribution in [3.05, 3.63) is 94.6 Å². The van der Waals surface area contributed by atoms with E-state index in [0.29, 0.717) is 16.8 Å². The smallest absolute Gasteiger partial charge is 0.251 e. The maximum absolute atomic E-state index is 6.00. The van der Waals surface area contributed by atoms with Crippen molar-refractivity contribution in [2.24, 2.45) is 0 Å². The van der Waals surface area contributed by atoms with Crippen LogP contribution in [-0.2, 0) is 0 Å². The number of aromatic nitrogens is 4. The van der Waals surface area contributed by atoms with Gasteiger partial charge in [-0.1, -0.05) is 57.9 Å². The van der Waals surface area contributed by atoms with Crippen molar-refractivity contribution in [1.29, 1.82) is 0 Å². The minimum absolute atomic E-state index is 0.403. The number of halogens is 2. The van der Waals surface area contributed by atoms with Gasteiger partial charge in [-0.05, 0) is 48.5 Å². The molecule has 30 heavy (non-hydrogen) atoms. The molecule has 0 unspecified atom stereocenters. The van der Waals surface area contributed by atoms with Crippen molar-refractivity contribution in [3.63, 3.8) is 0 Å². The van der Waals surface area contributed by atoms with Gasteiger partial charge < -0.3 is 4.42 Å². The Morgan fingerprint density at radius 3 is 2.17 bits per heavy atom. The third kappa shape index (κ3) is 3.67. The molecule has 5 nitrogen and oxygen atoms in total. The van der Waals surface area contributed by atoms with Crippen molar-refractivity contribution in [2.75, 3.05) is 0 Å². The standard InChI is InChI=1S/C23H14BrClN4O/c24-17-10-6-15(7-11-17)21-20(14-29(28-21)19-4-2-1-3-5-19)23-27-26-22(30-23)16-8-12-18(25)13-9-16/h1-14H. The largest absolute Gasteiger partial charge is 0.416 e. The zero-order valence-corrected chi connectivity index (χ0v) is 17.9. The van der Waals surface area contributed by atoms with Crippen molar-refractivity contribution in [2.45, 2.75) is 0 Å². The molecular weight excluding hydrogens is 464 g/mol. The molecule has 0 fully saturated rings. The lowest BCUT2D eigenvalue weighted by molar-refractivity contribution is 0.585. The SMILES string of the molecule is Clc1ccc(-c2nnc(-c3cn(-c4ccccc4)nc3-c3ccc(Br)cc3)o2)cc1. The Hall–Kier alpha value is -3.22. The van der Waals surface area contributed by atoms with E-state index in [1.807, 2.05) is 77.6 Å². The third-order valence-corrected chi connectivity index (χ3v) is 5.38. The molecule has 0 spiro atoms. The molecule has 0 N–H and O–H groups in total. The minimum atomic E-state index is 0.403. The van der Waals surface area contributed by atoms with E-state index in [4.69, 9.17) is 21.1 Å². The Bertz CT molecular complexity index is 1300. The molecule has 0 atom stereocenters. The van der Waals surface area contributed by atoms with Crippen molar-refractivity contribution in [1.82, 2.24) is 20.0 Å². The lowest BCUT2D eigenvalue weighted by Gasteiger charge is -2.01. The number of rotatable bonds is 4. The van der Waals surface area contributed by atoms with Crippen LogP contribution in [0, 0.1) is 0 Å². The van der Waals surface area contributed by atoms with Gasteiger partial charge in [0, 0.05) is 26.8 Å². The van der Waals surface area contributed by atoms with Gasteiger partial charge in [0.15, 0.2) is 0 Å². The lowest BCUT2D eigenvalue weighted by Crippen LogP contribution is -1.93. The van der Waals surface area contributed by atoms with Gasteiger partial charge in [-0.15, -0.1) is 10.2 Å². The highest BCUT2D eigenvalue weighted by Gasteiger charge is 2.20. The number of para-hydroxylation sites is 1. The first-order chi connectivity index (χ1) is 14.7. The first-order valence-corrected chi connectivity index (χ1v) is 10.4. The summed E-state index contributed by atoms with van der Waals surface area (Å²) in [6.07, 6.45) is 1.91. The Labute approximate surface area is 186 Å². The van der Waals surface area contributed by atoms with Crippen LogP contribution in [0.1, 0.15) is 0 Å². The van der Waals surface area contributed by atoms with Gasteiger partial charge in [0.2, 0.25) is 5.89 Å². The summed E-state index contributed by atoms with van der Waals surface area (Å²) in [5, 5.41) is 14.0. The molecule has 3 aromatic carbocycles. The van der Waals surface area contributed by atoms with Crippen molar-refractivity contribution < 1.29 is 4.42 Å². The van der Waals surface area contributed by atoms with E-state index >= 15 is 0 Å². The summed E-state index contributed by atoms with van der Waals surface area (Å²) in [7, 11) is 0. The maximum atomic E-state index is 6.00. The van der Waals surface area contributed by atoms with Gasteiger partial charge in [0.1, 0.15) is 5.69 Å². The van der Waals surface area contributed by atoms with E-state index in [0.717, 1.165) is 32.5 Å². The fraction of sp³-hybridized carbons (Fsp3) is 0. The first kappa shape index (κ1) is 18.8. The Morgan fingerprint density at radius 2 is 1.43 bits per heavy atom. The van der Waals surface area contributed by atoms with Gasteiger partial charge in [-0.2, -0.15) is 5.10 Å². The number of hydrogen-bond acceptors (Lipinski definition) is 4. The molecule has 5 aromatic rings. The second-order valence-electron chi connectivity index (χ2n) is 6.60. The van der Waals surface area contributed by atoms with Gasteiger partial charge in [-0.3, -0.25) is 0 Å². The quantitative estimate of drug-likeness (QED) is 0.290. The lowest BCUT2D eigenvalue weighted by atomic mass is 10.1. The van der Waals surface area contributed by atoms with E-state index in [-0.39, 0.29) is 0 Å². The second kappa shape index (κ2) is 7.89. The molecule has 7 heteroatoms. The normalized spacial score (nSPS) is 11.0. The maximum Gasteiger partial charge on any atom is 0.251 e. The van der Waals surface area contributed by atoms with Crippen LogP contribution >= 0.6 is 27.5 Å². The predicted molar refractivity (Wildman–Crippen MR) is 120 cm³/mol. The van der Waals surface area contributed by atoms with Crippen molar-refractivity contribution in [3.8, 4) is 39.9 Å². The van der Waals surface area contributed by atoms with Gasteiger partial charge in [0.25, 0.3) is 5.89 Å². The van der Waals surface area contributed by atoms with E-state index in [1.54, 1.807) is 12.1 Å². The molecule has 2 heterocycles. The number of hydrogen-bond donors (Lipinski definition) is 0. The van der Waals surface area contributed by atoms with Gasteiger partial charge >= 0.3 is 0 Å². The van der Waals surface area contributed by atoms with E-state index < -0.39 is 0 Å². The monoisotopic (exact) mass is 476 g/mol. The Morgan fingerprint density at radius 1 is 0.767 bits per heavy atom. The van der Waals surface area contributed by atoms with Crippen LogP contribution < -0.4 is 0 Å². The fourth-order valence-corrected chi connectivity index (χ4v) is 3.50. The molecule has 0 amide bonds. The highest BCUT2D eigenvalue weighted by atomic mass is 79.9. The summed E-state index contributed by atoms with van der Waals surface area (Å²) in [5.41, 5.74) is 4.22. The molecule has 0 aliphatic rings. The molecule has 146 valence electrons. The highest BCUT2D eigenvalue weighted by Crippen LogP contribution is 2.33. The van der Waals surface area contributed by atoms with Crippen molar-refractivity contribution >= 4 is 27.5 Å². The van der Waals surface area contributed by atoms with Crippen LogP contribution in [0.15, 0.2) is 93.9 Å². The van der Waals surface area contributed by atoms with Gasteiger partial charge in [-0.25, -0.2) is 4.68 Å². The molecule has 0 radical (unpaired) electrons. The number of benzene rings is 3. The molecule has 0 saturated carbocycles. The molecule has 0 bridgehead atoms. The molecule has 0 saturated heterocycles. The summed E-state index contributed by atoms with van der Waals surface area (Å²) in [5.74, 6) is 0.830. The summed E-state index contributed by atoms with van der Waals surface area (Å²) in [4.78, 5) is 0. The van der Waals surface area contributed by atoms with Gasteiger partial charge in [0.05, 0.1) is 11.3 Å². The van der Waals surface area contributed by atoms with E-state index in [1.165, 1.54) is 0 Å². The fourth-order valence-electron chi connectivity index (χ4n) is 3.11. The molecule has 5 rings (SSSR count). The van der Waals surface area contributed by atoms with Crippen LogP contribution in [0.4, 0.5) is 0 Å². The Kier molecular flexibility index (Phi) is 4.94. The minimum Gasteiger partial charge on any atom is -0.416 e. The number of nitrogens with zero attached hydrogens (tertiary/aromatic N) is 4. The first-order valence-electron chi connectivity index (χ1n) is 9.18. The Balaban J connectivity index is 1.62. The van der Waals surface area contributed by atoms with Crippen LogP contribution in [0.5, 0.6) is 0 Å². The van der Waals surface area contributed by atoms with E-state index in [9.17, 15) is 0 Å². The third-order valence-electron chi connectivity index (χ3n) is 4.60.